The maximum Gasteiger partial charge on any atom is 0.168 e. The molecule has 0 aliphatic carbocycles. The summed E-state index contributed by atoms with van der Waals surface area (Å²) in [6, 6.07) is 34.3. The number of aromatic nitrogens is 3. The molecule has 0 aliphatic rings. The van der Waals surface area contributed by atoms with Crippen molar-refractivity contribution in [2.75, 3.05) is 0 Å². The van der Waals surface area contributed by atoms with E-state index >= 15 is 0 Å². The molecule has 0 unspecified atom stereocenters. The molecule has 0 bridgehead atoms. The van der Waals surface area contributed by atoms with Gasteiger partial charge < -0.3 is 0 Å². The lowest BCUT2D eigenvalue weighted by Crippen LogP contribution is -2.22. The van der Waals surface area contributed by atoms with Crippen molar-refractivity contribution in [3.63, 3.8) is 0 Å². The number of nitrogens with zero attached hydrogens (tertiary/aromatic N) is 3. The van der Waals surface area contributed by atoms with E-state index in [0.29, 0.717) is 0 Å². The molecule has 1 heterocycles. The Hall–Kier alpha value is -3.98. The molecule has 180 valence electrons. The Balaban J connectivity index is 1.72. The number of hydrogen-bond acceptors (Lipinski definition) is 2. The van der Waals surface area contributed by atoms with Crippen LogP contribution in [0, 0.1) is 13.8 Å². The molecule has 5 rings (SSSR count). The van der Waals surface area contributed by atoms with Crippen molar-refractivity contribution >= 4 is 0 Å². The smallest absolute Gasteiger partial charge is 0.168 e. The molecular formula is C33H33N3. The SMILES string of the molecule is CCC(C)(C)c1nnc(-c2cccc(-c3ccccc3)c2)n1-c1c(C)cc(-c2ccccc2)cc1C. The van der Waals surface area contributed by atoms with Gasteiger partial charge in [0.05, 0.1) is 5.69 Å². The first-order chi connectivity index (χ1) is 17.4. The Labute approximate surface area is 214 Å². The van der Waals surface area contributed by atoms with Gasteiger partial charge in [-0.15, -0.1) is 10.2 Å². The molecule has 0 fully saturated rings. The lowest BCUT2D eigenvalue weighted by atomic mass is 9.88. The molecule has 3 nitrogen and oxygen atoms in total. The summed E-state index contributed by atoms with van der Waals surface area (Å²) in [6.45, 7) is 11.1. The van der Waals surface area contributed by atoms with Gasteiger partial charge in [0.1, 0.15) is 5.82 Å². The fourth-order valence-corrected chi connectivity index (χ4v) is 4.85. The lowest BCUT2D eigenvalue weighted by molar-refractivity contribution is 0.464. The summed E-state index contributed by atoms with van der Waals surface area (Å²) in [5.41, 5.74) is 9.34. The maximum absolute atomic E-state index is 4.79. The van der Waals surface area contributed by atoms with Crippen molar-refractivity contribution < 1.29 is 0 Å². The van der Waals surface area contributed by atoms with Crippen LogP contribution in [0.15, 0.2) is 97.1 Å². The van der Waals surface area contributed by atoms with Crippen molar-refractivity contribution in [1.82, 2.24) is 14.8 Å². The van der Waals surface area contributed by atoms with E-state index in [4.69, 9.17) is 10.2 Å². The third-order valence-electron chi connectivity index (χ3n) is 7.20. The molecule has 0 aliphatic heterocycles. The third-order valence-corrected chi connectivity index (χ3v) is 7.20. The molecule has 0 amide bonds. The van der Waals surface area contributed by atoms with E-state index in [0.717, 1.165) is 29.3 Å². The zero-order chi connectivity index (χ0) is 25.3. The molecule has 3 heteroatoms. The monoisotopic (exact) mass is 471 g/mol. The average molecular weight is 472 g/mol. The minimum Gasteiger partial charge on any atom is -0.278 e. The largest absolute Gasteiger partial charge is 0.278 e. The fraction of sp³-hybridized carbons (Fsp3) is 0.212. The highest BCUT2D eigenvalue weighted by molar-refractivity contribution is 5.73. The van der Waals surface area contributed by atoms with E-state index < -0.39 is 0 Å². The first-order valence-electron chi connectivity index (χ1n) is 12.7. The average Bonchev–Trinajstić information content (AvgIpc) is 3.35. The summed E-state index contributed by atoms with van der Waals surface area (Å²) in [4.78, 5) is 0. The lowest BCUT2D eigenvalue weighted by Gasteiger charge is -2.25. The van der Waals surface area contributed by atoms with Crippen molar-refractivity contribution in [2.45, 2.75) is 46.5 Å². The molecular weight excluding hydrogens is 438 g/mol. The van der Waals surface area contributed by atoms with Crippen LogP contribution in [0.3, 0.4) is 0 Å². The van der Waals surface area contributed by atoms with Crippen LogP contribution < -0.4 is 0 Å². The Kier molecular flexibility index (Phi) is 6.32. The summed E-state index contributed by atoms with van der Waals surface area (Å²) < 4.78 is 2.30. The van der Waals surface area contributed by atoms with Crippen LogP contribution in [0.4, 0.5) is 0 Å². The van der Waals surface area contributed by atoms with Gasteiger partial charge in [0.25, 0.3) is 0 Å². The highest BCUT2D eigenvalue weighted by atomic mass is 15.3. The second-order valence-electron chi connectivity index (χ2n) is 10.2. The summed E-state index contributed by atoms with van der Waals surface area (Å²) in [6.07, 6.45) is 0.968. The first kappa shape index (κ1) is 23.7. The zero-order valence-corrected chi connectivity index (χ0v) is 21.8. The minimum absolute atomic E-state index is 0.126. The zero-order valence-electron chi connectivity index (χ0n) is 21.8. The summed E-state index contributed by atoms with van der Waals surface area (Å²) in [5.74, 6) is 1.87. The fourth-order valence-electron chi connectivity index (χ4n) is 4.85. The molecule has 0 saturated carbocycles. The third kappa shape index (κ3) is 4.37. The molecule has 0 N–H and O–H groups in total. The highest BCUT2D eigenvalue weighted by Crippen LogP contribution is 2.36. The summed E-state index contributed by atoms with van der Waals surface area (Å²) >= 11 is 0. The Morgan fingerprint density at radius 1 is 0.611 bits per heavy atom. The highest BCUT2D eigenvalue weighted by Gasteiger charge is 2.29. The van der Waals surface area contributed by atoms with Crippen LogP contribution in [0.5, 0.6) is 0 Å². The van der Waals surface area contributed by atoms with Crippen LogP contribution >= 0.6 is 0 Å². The molecule has 0 radical (unpaired) electrons. The Morgan fingerprint density at radius 2 is 1.14 bits per heavy atom. The summed E-state index contributed by atoms with van der Waals surface area (Å²) in [5, 5.41) is 9.58. The second-order valence-corrected chi connectivity index (χ2v) is 10.2. The van der Waals surface area contributed by atoms with Gasteiger partial charge in [0.2, 0.25) is 0 Å². The van der Waals surface area contributed by atoms with Crippen LogP contribution in [0.25, 0.3) is 39.3 Å². The van der Waals surface area contributed by atoms with Crippen LogP contribution in [-0.4, -0.2) is 14.8 Å². The second kappa shape index (κ2) is 9.58. The Bertz CT molecular complexity index is 1470. The van der Waals surface area contributed by atoms with E-state index in [9.17, 15) is 0 Å². The molecule has 0 spiro atoms. The summed E-state index contributed by atoms with van der Waals surface area (Å²) in [7, 11) is 0. The van der Waals surface area contributed by atoms with Crippen LogP contribution in [0.1, 0.15) is 44.1 Å². The number of aryl methyl sites for hydroxylation is 2. The van der Waals surface area contributed by atoms with Gasteiger partial charge in [-0.1, -0.05) is 99.6 Å². The normalized spacial score (nSPS) is 11.6. The first-order valence-corrected chi connectivity index (χ1v) is 12.7. The van der Waals surface area contributed by atoms with E-state index in [1.165, 1.54) is 33.4 Å². The van der Waals surface area contributed by atoms with Crippen molar-refractivity contribution in [3.8, 4) is 39.3 Å². The van der Waals surface area contributed by atoms with Gasteiger partial charge in [0.15, 0.2) is 5.82 Å². The van der Waals surface area contributed by atoms with Gasteiger partial charge in [-0.2, -0.15) is 0 Å². The predicted molar refractivity (Wildman–Crippen MR) is 150 cm³/mol. The topological polar surface area (TPSA) is 30.7 Å². The maximum atomic E-state index is 4.79. The van der Waals surface area contributed by atoms with Crippen molar-refractivity contribution in [2.24, 2.45) is 0 Å². The molecule has 1 aromatic heterocycles. The van der Waals surface area contributed by atoms with Gasteiger partial charge in [-0.25, -0.2) is 0 Å². The van der Waals surface area contributed by atoms with Crippen molar-refractivity contribution in [3.05, 3.63) is 114 Å². The van der Waals surface area contributed by atoms with E-state index in [2.05, 4.69) is 130 Å². The number of hydrogen-bond donors (Lipinski definition) is 0. The molecule has 4 aromatic carbocycles. The number of rotatable bonds is 6. The van der Waals surface area contributed by atoms with E-state index in [1.807, 2.05) is 6.07 Å². The molecule has 0 atom stereocenters. The minimum atomic E-state index is -0.126. The van der Waals surface area contributed by atoms with Gasteiger partial charge in [0, 0.05) is 11.0 Å². The molecule has 36 heavy (non-hydrogen) atoms. The van der Waals surface area contributed by atoms with Crippen molar-refractivity contribution in [1.29, 1.82) is 0 Å². The molecule has 0 saturated heterocycles. The van der Waals surface area contributed by atoms with Gasteiger partial charge in [-0.05, 0) is 71.8 Å². The van der Waals surface area contributed by atoms with Crippen LogP contribution in [-0.2, 0) is 5.41 Å². The quantitative estimate of drug-likeness (QED) is 0.248. The van der Waals surface area contributed by atoms with Gasteiger partial charge in [-0.3, -0.25) is 4.57 Å². The van der Waals surface area contributed by atoms with E-state index in [1.54, 1.807) is 0 Å². The Morgan fingerprint density at radius 3 is 1.72 bits per heavy atom. The molecule has 5 aromatic rings. The van der Waals surface area contributed by atoms with Crippen LogP contribution in [0.2, 0.25) is 0 Å². The number of benzene rings is 4. The predicted octanol–water partition coefficient (Wildman–Crippen LogP) is 8.57. The van der Waals surface area contributed by atoms with E-state index in [-0.39, 0.29) is 5.41 Å². The van der Waals surface area contributed by atoms with Gasteiger partial charge >= 0.3 is 0 Å². The standard InChI is InChI=1S/C33H33N3/c1-6-33(4,5)32-35-34-31(28-19-13-18-27(22-28)25-14-9-7-10-15-25)36(32)30-23(2)20-29(21-24(30)3)26-16-11-8-12-17-26/h7-22H,6H2,1-5H3.